The lowest BCUT2D eigenvalue weighted by Crippen LogP contribution is -2.34. The highest BCUT2D eigenvalue weighted by Gasteiger charge is 2.16. The molecule has 0 aliphatic heterocycles. The van der Waals surface area contributed by atoms with Crippen molar-refractivity contribution >= 4 is 12.6 Å². The van der Waals surface area contributed by atoms with Crippen molar-refractivity contribution in [3.63, 3.8) is 0 Å². The molecule has 0 N–H and O–H groups in total. The van der Waals surface area contributed by atoms with Gasteiger partial charge in [-0.15, -0.1) is 0 Å². The van der Waals surface area contributed by atoms with E-state index in [9.17, 15) is 0 Å². The number of aryl methyl sites for hydroxylation is 1. The zero-order valence-corrected chi connectivity index (χ0v) is 7.70. The number of rotatable bonds is 3. The maximum Gasteiger partial charge on any atom is 0.493 e. The minimum absolute atomic E-state index is 0.245. The van der Waals surface area contributed by atoms with Gasteiger partial charge in [-0.05, 0) is 12.4 Å². The monoisotopic (exact) mass is 164 g/mol. The second-order valence-corrected chi connectivity index (χ2v) is 2.71. The first-order valence-electron chi connectivity index (χ1n) is 3.90. The van der Waals surface area contributed by atoms with Gasteiger partial charge in [0.2, 0.25) is 0 Å². The van der Waals surface area contributed by atoms with E-state index in [-0.39, 0.29) is 7.12 Å². The molecule has 1 rings (SSSR count). The molecular weight excluding hydrogens is 151 g/mol. The fourth-order valence-electron chi connectivity index (χ4n) is 1.09. The molecule has 2 nitrogen and oxygen atoms in total. The van der Waals surface area contributed by atoms with Gasteiger partial charge in [-0.2, -0.15) is 0 Å². The molecule has 0 saturated carbocycles. The van der Waals surface area contributed by atoms with E-state index in [1.165, 1.54) is 5.56 Å². The van der Waals surface area contributed by atoms with Crippen LogP contribution in [0.25, 0.3) is 0 Å². The minimum Gasteiger partial charge on any atom is -0.410 e. The summed E-state index contributed by atoms with van der Waals surface area (Å²) >= 11 is 0. The van der Waals surface area contributed by atoms with E-state index in [0.29, 0.717) is 0 Å². The third-order valence-corrected chi connectivity index (χ3v) is 1.78. The van der Waals surface area contributed by atoms with Gasteiger partial charge in [0.1, 0.15) is 0 Å². The molecular formula is C9H13BO2. The lowest BCUT2D eigenvalue weighted by Gasteiger charge is -2.07. The Labute approximate surface area is 73.6 Å². The van der Waals surface area contributed by atoms with Gasteiger partial charge in [0.25, 0.3) is 0 Å². The van der Waals surface area contributed by atoms with Crippen LogP contribution in [0.4, 0.5) is 0 Å². The molecule has 1 aromatic carbocycles. The summed E-state index contributed by atoms with van der Waals surface area (Å²) in [5.74, 6) is 0. The highest BCUT2D eigenvalue weighted by molar-refractivity contribution is 6.61. The summed E-state index contributed by atoms with van der Waals surface area (Å²) < 4.78 is 10.2. The molecule has 0 heterocycles. The van der Waals surface area contributed by atoms with Crippen LogP contribution in [0, 0.1) is 6.92 Å². The van der Waals surface area contributed by atoms with Crippen LogP contribution in [0.3, 0.4) is 0 Å². The topological polar surface area (TPSA) is 18.5 Å². The lowest BCUT2D eigenvalue weighted by molar-refractivity contribution is 0.292. The van der Waals surface area contributed by atoms with Crippen molar-refractivity contribution in [3.05, 3.63) is 29.8 Å². The summed E-state index contributed by atoms with van der Waals surface area (Å²) in [5.41, 5.74) is 2.29. The van der Waals surface area contributed by atoms with Crippen LogP contribution in [0.5, 0.6) is 0 Å². The van der Waals surface area contributed by atoms with Crippen LogP contribution in [0.1, 0.15) is 5.56 Å². The molecule has 64 valence electrons. The molecule has 1 aromatic rings. The summed E-state index contributed by atoms with van der Waals surface area (Å²) in [7, 11) is 3.02. The molecule has 12 heavy (non-hydrogen) atoms. The van der Waals surface area contributed by atoms with Gasteiger partial charge in [0, 0.05) is 14.2 Å². The third kappa shape index (κ3) is 2.09. The molecule has 0 bridgehead atoms. The van der Waals surface area contributed by atoms with Crippen LogP contribution in [-0.2, 0) is 9.31 Å². The zero-order chi connectivity index (χ0) is 8.97. The fraction of sp³-hybridized carbons (Fsp3) is 0.333. The Morgan fingerprint density at radius 1 is 1.00 bits per heavy atom. The van der Waals surface area contributed by atoms with E-state index < -0.39 is 0 Å². The highest BCUT2D eigenvalue weighted by atomic mass is 16.6. The molecule has 0 unspecified atom stereocenters. The van der Waals surface area contributed by atoms with Gasteiger partial charge in [0.15, 0.2) is 0 Å². The predicted octanol–water partition coefficient (Wildman–Crippen LogP) is 0.983. The van der Waals surface area contributed by atoms with Crippen LogP contribution in [-0.4, -0.2) is 21.3 Å². The Morgan fingerprint density at radius 2 is 1.50 bits per heavy atom. The molecule has 0 amide bonds. The maximum atomic E-state index is 5.10. The highest BCUT2D eigenvalue weighted by Crippen LogP contribution is 1.95. The van der Waals surface area contributed by atoms with E-state index in [0.717, 1.165) is 5.46 Å². The van der Waals surface area contributed by atoms with E-state index in [1.807, 2.05) is 24.3 Å². The predicted molar refractivity (Wildman–Crippen MR) is 50.6 cm³/mol. The van der Waals surface area contributed by atoms with Crippen molar-refractivity contribution in [3.8, 4) is 0 Å². The number of hydrogen-bond acceptors (Lipinski definition) is 2. The second-order valence-electron chi connectivity index (χ2n) is 2.71. The quantitative estimate of drug-likeness (QED) is 0.620. The van der Waals surface area contributed by atoms with Gasteiger partial charge in [-0.3, -0.25) is 0 Å². The molecule has 0 radical (unpaired) electrons. The van der Waals surface area contributed by atoms with Crippen LogP contribution < -0.4 is 5.46 Å². The number of hydrogen-bond donors (Lipinski definition) is 0. The average molecular weight is 164 g/mol. The number of benzene rings is 1. The third-order valence-electron chi connectivity index (χ3n) is 1.78. The van der Waals surface area contributed by atoms with E-state index >= 15 is 0 Å². The van der Waals surface area contributed by atoms with Gasteiger partial charge < -0.3 is 9.31 Å². The van der Waals surface area contributed by atoms with Crippen LogP contribution in [0.2, 0.25) is 0 Å². The molecule has 0 aliphatic carbocycles. The lowest BCUT2D eigenvalue weighted by atomic mass is 9.79. The van der Waals surface area contributed by atoms with Crippen molar-refractivity contribution in [2.24, 2.45) is 0 Å². The van der Waals surface area contributed by atoms with Gasteiger partial charge in [0.05, 0.1) is 0 Å². The van der Waals surface area contributed by atoms with Crippen molar-refractivity contribution < 1.29 is 9.31 Å². The minimum atomic E-state index is -0.245. The summed E-state index contributed by atoms with van der Waals surface area (Å²) in [6.45, 7) is 2.05. The van der Waals surface area contributed by atoms with Crippen molar-refractivity contribution in [2.45, 2.75) is 6.92 Å². The first-order valence-corrected chi connectivity index (χ1v) is 3.90. The smallest absolute Gasteiger partial charge is 0.410 e. The summed E-state index contributed by atoms with van der Waals surface area (Å²) in [5, 5.41) is 0. The van der Waals surface area contributed by atoms with Crippen molar-refractivity contribution in [1.82, 2.24) is 0 Å². The Bertz CT molecular complexity index is 229. The molecule has 3 heteroatoms. The summed E-state index contributed by atoms with van der Waals surface area (Å²) in [6.07, 6.45) is 0. The first kappa shape index (κ1) is 9.29. The van der Waals surface area contributed by atoms with Gasteiger partial charge in [-0.25, -0.2) is 0 Å². The van der Waals surface area contributed by atoms with Crippen LogP contribution in [0.15, 0.2) is 24.3 Å². The second kappa shape index (κ2) is 4.29. The van der Waals surface area contributed by atoms with Crippen molar-refractivity contribution in [2.75, 3.05) is 14.2 Å². The zero-order valence-electron chi connectivity index (χ0n) is 7.70. The average Bonchev–Trinajstić information content (AvgIpc) is 2.10. The SMILES string of the molecule is COB(OC)c1ccc(C)cc1. The molecule has 0 fully saturated rings. The van der Waals surface area contributed by atoms with E-state index in [4.69, 9.17) is 9.31 Å². The normalized spacial score (nSPS) is 9.92. The summed E-state index contributed by atoms with van der Waals surface area (Å²) in [4.78, 5) is 0. The fourth-order valence-corrected chi connectivity index (χ4v) is 1.09. The maximum absolute atomic E-state index is 5.10. The molecule has 0 atom stereocenters. The first-order chi connectivity index (χ1) is 5.77. The largest absolute Gasteiger partial charge is 0.493 e. The molecule has 0 spiro atoms. The van der Waals surface area contributed by atoms with E-state index in [2.05, 4.69) is 6.92 Å². The summed E-state index contributed by atoms with van der Waals surface area (Å²) in [6, 6.07) is 8.10. The Hall–Kier alpha value is -0.795. The van der Waals surface area contributed by atoms with Gasteiger partial charge >= 0.3 is 7.12 Å². The molecule has 0 saturated heterocycles. The van der Waals surface area contributed by atoms with E-state index in [1.54, 1.807) is 14.2 Å². The molecule has 0 aliphatic rings. The Morgan fingerprint density at radius 3 is 1.92 bits per heavy atom. The van der Waals surface area contributed by atoms with Crippen LogP contribution >= 0.6 is 0 Å². The molecule has 0 aromatic heterocycles. The van der Waals surface area contributed by atoms with Crippen molar-refractivity contribution in [1.29, 1.82) is 0 Å². The van der Waals surface area contributed by atoms with Gasteiger partial charge in [-0.1, -0.05) is 29.8 Å². The Balaban J connectivity index is 2.80. The Kier molecular flexibility index (Phi) is 3.32. The standard InChI is InChI=1S/C9H13BO2/c1-8-4-6-9(7-5-8)10(11-2)12-3/h4-7H,1-3H3.